The summed E-state index contributed by atoms with van der Waals surface area (Å²) in [5.41, 5.74) is 17.2. The van der Waals surface area contributed by atoms with E-state index >= 15 is 0 Å². The van der Waals surface area contributed by atoms with Crippen molar-refractivity contribution in [2.45, 2.75) is 59.3 Å². The maximum Gasteiger partial charge on any atom is 0.333 e. The Bertz CT molecular complexity index is 2680. The molecule has 49 heavy (non-hydrogen) atoms. The number of hydrogen-bond acceptors (Lipinski definition) is 2. The van der Waals surface area contributed by atoms with Crippen LogP contribution in [0.2, 0.25) is 0 Å². The van der Waals surface area contributed by atoms with Crippen molar-refractivity contribution in [1.29, 1.82) is 0 Å². The average Bonchev–Trinajstić information content (AvgIpc) is 3.62. The van der Waals surface area contributed by atoms with Gasteiger partial charge in [-0.1, -0.05) is 114 Å². The van der Waals surface area contributed by atoms with E-state index in [1.165, 1.54) is 83.0 Å². The van der Waals surface area contributed by atoms with Gasteiger partial charge in [-0.25, -0.2) is 0 Å². The molecule has 0 radical (unpaired) electrons. The van der Waals surface area contributed by atoms with Crippen LogP contribution >= 0.6 is 0 Å². The molecule has 0 aliphatic carbocycles. The number of hydrogen-bond donors (Lipinski definition) is 0. The van der Waals surface area contributed by atoms with Gasteiger partial charge in [0, 0.05) is 44.1 Å². The molecular weight excluding hydrogens is 595 g/mol. The third-order valence-electron chi connectivity index (χ3n) is 11.1. The molecule has 2 aliphatic rings. The molecule has 0 atom stereocenters. The monoisotopic (exact) mass is 634 g/mol. The minimum absolute atomic E-state index is 0.0000903. The van der Waals surface area contributed by atoms with Gasteiger partial charge in [0.15, 0.2) is 0 Å². The summed E-state index contributed by atoms with van der Waals surface area (Å²) in [6.07, 6.45) is 0. The second-order valence-electron chi connectivity index (χ2n) is 16.3. The number of rotatable bonds is 1. The van der Waals surface area contributed by atoms with Gasteiger partial charge < -0.3 is 13.8 Å². The lowest BCUT2D eigenvalue weighted by Gasteiger charge is -2.41. The van der Waals surface area contributed by atoms with Gasteiger partial charge in [0.25, 0.3) is 0 Å². The molecule has 4 heteroatoms. The average molecular weight is 635 g/mol. The second-order valence-corrected chi connectivity index (χ2v) is 16.3. The van der Waals surface area contributed by atoms with Crippen LogP contribution in [0.5, 0.6) is 0 Å². The number of aromatic nitrogens is 1. The van der Waals surface area contributed by atoms with Crippen LogP contribution in [0.3, 0.4) is 0 Å². The van der Waals surface area contributed by atoms with Crippen molar-refractivity contribution in [1.82, 2.24) is 4.48 Å². The minimum atomic E-state index is -0.0217. The highest BCUT2D eigenvalue weighted by molar-refractivity contribution is 6.90. The van der Waals surface area contributed by atoms with E-state index in [4.69, 9.17) is 4.42 Å². The number of benzene rings is 6. The molecule has 4 heterocycles. The summed E-state index contributed by atoms with van der Waals surface area (Å²) < 4.78 is 9.42. The van der Waals surface area contributed by atoms with E-state index in [1.54, 1.807) is 0 Å². The summed E-state index contributed by atoms with van der Waals surface area (Å²) in [4.78, 5) is 2.59. The fourth-order valence-corrected chi connectivity index (χ4v) is 8.65. The van der Waals surface area contributed by atoms with Gasteiger partial charge in [-0.3, -0.25) is 0 Å². The largest absolute Gasteiger partial charge is 0.456 e. The third-order valence-corrected chi connectivity index (χ3v) is 11.1. The Labute approximate surface area is 287 Å². The standard InChI is InChI=1S/C45H39BN2O/c1-26-19-20-35-37(21-26)47(29-23-27(44(2,3)4)22-28(24-29)45(5,6)7)43-40-33-14-9-11-18-38(33)49-39(40)25-34-32-16-12-15-31-30-13-8-10-17-36(30)48(42(31)32)46(35)41(34)43/h8-25H,1-7H3. The zero-order valence-corrected chi connectivity index (χ0v) is 29.3. The van der Waals surface area contributed by atoms with Gasteiger partial charge in [0.1, 0.15) is 11.2 Å². The molecule has 0 saturated carbocycles. The number of fused-ring (bicyclic) bond motifs is 11. The van der Waals surface area contributed by atoms with Crippen molar-refractivity contribution in [3.05, 3.63) is 126 Å². The molecule has 10 rings (SSSR count). The van der Waals surface area contributed by atoms with Crippen molar-refractivity contribution >= 4 is 78.6 Å². The lowest BCUT2D eigenvalue weighted by molar-refractivity contribution is 0.569. The van der Waals surface area contributed by atoms with E-state index in [0.717, 1.165) is 16.6 Å². The van der Waals surface area contributed by atoms with Crippen LogP contribution in [0.25, 0.3) is 54.9 Å². The molecule has 0 N–H and O–H groups in total. The molecule has 0 spiro atoms. The van der Waals surface area contributed by atoms with Crippen molar-refractivity contribution in [3.63, 3.8) is 0 Å². The predicted molar refractivity (Wildman–Crippen MR) is 209 cm³/mol. The number of anilines is 3. The normalized spacial score (nSPS) is 13.9. The van der Waals surface area contributed by atoms with E-state index in [1.807, 2.05) is 0 Å². The maximum absolute atomic E-state index is 6.78. The SMILES string of the molecule is Cc1ccc2c(c1)N(c1cc(C(C)(C)C)cc(C(C)(C)C)c1)c1c3c(cc4oc5ccccc5c14)-c1cccc4c5ccccc5n(c14)B23. The Morgan fingerprint density at radius 1 is 0.612 bits per heavy atom. The Balaban J connectivity index is 1.44. The first-order valence-electron chi connectivity index (χ1n) is 17.6. The molecule has 2 aromatic heterocycles. The van der Waals surface area contributed by atoms with Crippen LogP contribution in [0, 0.1) is 6.92 Å². The fourth-order valence-electron chi connectivity index (χ4n) is 8.65. The molecule has 0 fully saturated rings. The first-order chi connectivity index (χ1) is 23.5. The number of para-hydroxylation sites is 3. The predicted octanol–water partition coefficient (Wildman–Crippen LogP) is 11.0. The highest BCUT2D eigenvalue weighted by atomic mass is 16.3. The van der Waals surface area contributed by atoms with Crippen LogP contribution in [0.1, 0.15) is 58.2 Å². The van der Waals surface area contributed by atoms with Gasteiger partial charge in [0.05, 0.1) is 11.1 Å². The quantitative estimate of drug-likeness (QED) is 0.168. The Kier molecular flexibility index (Phi) is 5.56. The smallest absolute Gasteiger partial charge is 0.333 e. The summed E-state index contributed by atoms with van der Waals surface area (Å²) in [7, 11) is 0. The maximum atomic E-state index is 6.78. The van der Waals surface area contributed by atoms with Gasteiger partial charge in [-0.05, 0) is 87.3 Å². The molecule has 0 unspecified atom stereocenters. The zero-order valence-electron chi connectivity index (χ0n) is 29.3. The molecule has 238 valence electrons. The van der Waals surface area contributed by atoms with E-state index in [2.05, 4.69) is 167 Å². The van der Waals surface area contributed by atoms with Crippen LogP contribution in [-0.4, -0.2) is 11.3 Å². The Morgan fingerprint density at radius 2 is 1.31 bits per heavy atom. The molecule has 3 nitrogen and oxygen atoms in total. The molecule has 2 aliphatic heterocycles. The van der Waals surface area contributed by atoms with Crippen molar-refractivity contribution in [3.8, 4) is 11.1 Å². The third kappa shape index (κ3) is 3.86. The topological polar surface area (TPSA) is 21.3 Å². The van der Waals surface area contributed by atoms with Crippen LogP contribution in [-0.2, 0) is 10.8 Å². The van der Waals surface area contributed by atoms with Gasteiger partial charge in [-0.2, -0.15) is 0 Å². The van der Waals surface area contributed by atoms with Gasteiger partial charge in [-0.15, -0.1) is 0 Å². The molecule has 8 aromatic rings. The van der Waals surface area contributed by atoms with E-state index in [-0.39, 0.29) is 17.7 Å². The van der Waals surface area contributed by atoms with Crippen molar-refractivity contribution in [2.75, 3.05) is 4.90 Å². The lowest BCUT2D eigenvalue weighted by Crippen LogP contribution is -2.56. The number of nitrogens with zero attached hydrogens (tertiary/aromatic N) is 2. The van der Waals surface area contributed by atoms with Gasteiger partial charge >= 0.3 is 6.85 Å². The first-order valence-corrected chi connectivity index (χ1v) is 17.6. The summed E-state index contributed by atoms with van der Waals surface area (Å²) in [6, 6.07) is 41.1. The Morgan fingerprint density at radius 3 is 2.06 bits per heavy atom. The zero-order chi connectivity index (χ0) is 33.6. The molecule has 0 amide bonds. The van der Waals surface area contributed by atoms with E-state index < -0.39 is 0 Å². The molecule has 0 bridgehead atoms. The van der Waals surface area contributed by atoms with E-state index in [9.17, 15) is 0 Å². The highest BCUT2D eigenvalue weighted by Crippen LogP contribution is 2.50. The summed E-state index contributed by atoms with van der Waals surface area (Å²) in [5.74, 6) is 0. The van der Waals surface area contributed by atoms with Crippen molar-refractivity contribution in [2.24, 2.45) is 0 Å². The van der Waals surface area contributed by atoms with E-state index in [0.29, 0.717) is 0 Å². The molecule has 6 aromatic carbocycles. The Hall–Kier alpha value is -5.22. The summed E-state index contributed by atoms with van der Waals surface area (Å²) in [6.45, 7) is 16.2. The second kappa shape index (κ2) is 9.48. The fraction of sp³-hybridized carbons (Fsp3) is 0.200. The highest BCUT2D eigenvalue weighted by Gasteiger charge is 2.44. The van der Waals surface area contributed by atoms with Crippen LogP contribution in [0.15, 0.2) is 114 Å². The lowest BCUT2D eigenvalue weighted by atomic mass is 9.45. The molecule has 0 saturated heterocycles. The molecular formula is C45H39BN2O. The van der Waals surface area contributed by atoms with Crippen LogP contribution in [0.4, 0.5) is 17.1 Å². The summed E-state index contributed by atoms with van der Waals surface area (Å²) >= 11 is 0. The van der Waals surface area contributed by atoms with Crippen LogP contribution < -0.4 is 15.8 Å². The first kappa shape index (κ1) is 28.8. The van der Waals surface area contributed by atoms with Gasteiger partial charge in [0.2, 0.25) is 0 Å². The van der Waals surface area contributed by atoms with Crippen molar-refractivity contribution < 1.29 is 4.42 Å². The summed E-state index contributed by atoms with van der Waals surface area (Å²) in [5, 5.41) is 4.93. The number of furan rings is 1. The minimum Gasteiger partial charge on any atom is -0.456 e. The number of aryl methyl sites for hydroxylation is 1.